The van der Waals surface area contributed by atoms with Gasteiger partial charge in [-0.3, -0.25) is 9.59 Å². The van der Waals surface area contributed by atoms with Crippen molar-refractivity contribution >= 4 is 11.9 Å². The third-order valence-corrected chi connectivity index (χ3v) is 5.20. The lowest BCUT2D eigenvalue weighted by atomic mass is 9.76. The standard InChI is InChI=1S/C15H26N2O3/c1-3-15(14(19)20)6-9-17(10-7-15)13(18)12-11(2)5-4-8-16-12/h11-12,16H,3-10H2,1-2H3,(H,19,20). The van der Waals surface area contributed by atoms with E-state index in [1.807, 2.05) is 11.8 Å². The molecule has 0 aromatic heterocycles. The molecule has 0 spiro atoms. The van der Waals surface area contributed by atoms with E-state index in [4.69, 9.17) is 0 Å². The van der Waals surface area contributed by atoms with Crippen molar-refractivity contribution < 1.29 is 14.7 Å². The molecule has 2 aliphatic rings. The summed E-state index contributed by atoms with van der Waals surface area (Å²) in [5.41, 5.74) is -0.623. The Morgan fingerprint density at radius 3 is 2.50 bits per heavy atom. The Balaban J connectivity index is 1.96. The van der Waals surface area contributed by atoms with Gasteiger partial charge in [0.05, 0.1) is 11.5 Å². The first-order valence-corrected chi connectivity index (χ1v) is 7.76. The number of hydrogen-bond donors (Lipinski definition) is 2. The molecule has 2 aliphatic heterocycles. The fourth-order valence-corrected chi connectivity index (χ4v) is 3.45. The van der Waals surface area contributed by atoms with Gasteiger partial charge < -0.3 is 15.3 Å². The molecule has 2 fully saturated rings. The van der Waals surface area contributed by atoms with Gasteiger partial charge in [-0.1, -0.05) is 13.8 Å². The molecule has 0 aromatic carbocycles. The van der Waals surface area contributed by atoms with Crippen molar-refractivity contribution in [3.63, 3.8) is 0 Å². The Morgan fingerprint density at radius 1 is 1.35 bits per heavy atom. The van der Waals surface area contributed by atoms with Crippen molar-refractivity contribution in [1.29, 1.82) is 0 Å². The molecule has 0 radical (unpaired) electrons. The fourth-order valence-electron chi connectivity index (χ4n) is 3.45. The smallest absolute Gasteiger partial charge is 0.309 e. The number of carbonyl (C=O) groups excluding carboxylic acids is 1. The Bertz CT molecular complexity index is 375. The molecule has 0 bridgehead atoms. The number of nitrogens with zero attached hydrogens (tertiary/aromatic N) is 1. The molecule has 0 aromatic rings. The summed E-state index contributed by atoms with van der Waals surface area (Å²) in [5.74, 6) is -0.183. The lowest BCUT2D eigenvalue weighted by Gasteiger charge is -2.41. The van der Waals surface area contributed by atoms with E-state index in [1.165, 1.54) is 0 Å². The van der Waals surface area contributed by atoms with E-state index >= 15 is 0 Å². The van der Waals surface area contributed by atoms with Crippen LogP contribution < -0.4 is 5.32 Å². The van der Waals surface area contributed by atoms with Crippen LogP contribution >= 0.6 is 0 Å². The van der Waals surface area contributed by atoms with Crippen LogP contribution in [0.15, 0.2) is 0 Å². The molecule has 1 amide bonds. The zero-order valence-electron chi connectivity index (χ0n) is 12.5. The van der Waals surface area contributed by atoms with Gasteiger partial charge in [-0.25, -0.2) is 0 Å². The first-order chi connectivity index (χ1) is 9.50. The van der Waals surface area contributed by atoms with E-state index in [2.05, 4.69) is 12.2 Å². The molecule has 114 valence electrons. The highest BCUT2D eigenvalue weighted by molar-refractivity contribution is 5.83. The highest BCUT2D eigenvalue weighted by atomic mass is 16.4. The van der Waals surface area contributed by atoms with Gasteiger partial charge in [0.25, 0.3) is 0 Å². The van der Waals surface area contributed by atoms with Gasteiger partial charge in [-0.05, 0) is 44.6 Å². The molecule has 2 heterocycles. The van der Waals surface area contributed by atoms with E-state index in [9.17, 15) is 14.7 Å². The maximum Gasteiger partial charge on any atom is 0.309 e. The summed E-state index contributed by atoms with van der Waals surface area (Å²) in [6, 6.07) is -0.0808. The number of amides is 1. The Morgan fingerprint density at radius 2 is 2.00 bits per heavy atom. The highest BCUT2D eigenvalue weighted by Crippen LogP contribution is 2.35. The largest absolute Gasteiger partial charge is 0.481 e. The molecule has 5 nitrogen and oxygen atoms in total. The second-order valence-electron chi connectivity index (χ2n) is 6.32. The Labute approximate surface area is 120 Å². The van der Waals surface area contributed by atoms with Gasteiger partial charge in [0.2, 0.25) is 5.91 Å². The molecule has 2 atom stereocenters. The van der Waals surface area contributed by atoms with E-state index in [-0.39, 0.29) is 11.9 Å². The lowest BCUT2D eigenvalue weighted by Crippen LogP contribution is -2.55. The number of aliphatic carboxylic acids is 1. The third kappa shape index (κ3) is 2.82. The zero-order valence-corrected chi connectivity index (χ0v) is 12.5. The molecule has 0 saturated carbocycles. The number of carboxylic acids is 1. The maximum atomic E-state index is 12.5. The van der Waals surface area contributed by atoms with Gasteiger partial charge in [-0.2, -0.15) is 0 Å². The number of nitrogens with one attached hydrogen (secondary N) is 1. The quantitative estimate of drug-likeness (QED) is 0.822. The van der Waals surface area contributed by atoms with Crippen LogP contribution in [0, 0.1) is 11.3 Å². The van der Waals surface area contributed by atoms with Crippen LogP contribution in [0.4, 0.5) is 0 Å². The van der Waals surface area contributed by atoms with E-state index in [0.717, 1.165) is 19.4 Å². The van der Waals surface area contributed by atoms with Crippen molar-refractivity contribution in [2.45, 2.75) is 52.0 Å². The van der Waals surface area contributed by atoms with Crippen LogP contribution in [0.1, 0.15) is 46.0 Å². The summed E-state index contributed by atoms with van der Waals surface area (Å²) in [7, 11) is 0. The molecule has 2 N–H and O–H groups in total. The minimum absolute atomic E-state index is 0.0808. The first-order valence-electron chi connectivity index (χ1n) is 7.76. The predicted molar refractivity (Wildman–Crippen MR) is 76.4 cm³/mol. The monoisotopic (exact) mass is 282 g/mol. The van der Waals surface area contributed by atoms with Gasteiger partial charge in [0.1, 0.15) is 0 Å². The van der Waals surface area contributed by atoms with Crippen LogP contribution in [0.2, 0.25) is 0 Å². The molecule has 2 saturated heterocycles. The van der Waals surface area contributed by atoms with Crippen molar-refractivity contribution in [3.05, 3.63) is 0 Å². The van der Waals surface area contributed by atoms with Crippen molar-refractivity contribution in [3.8, 4) is 0 Å². The summed E-state index contributed by atoms with van der Waals surface area (Å²) in [6.45, 7) is 6.10. The number of carboxylic acid groups (broad SMARTS) is 1. The second-order valence-corrected chi connectivity index (χ2v) is 6.32. The van der Waals surface area contributed by atoms with Crippen molar-refractivity contribution in [1.82, 2.24) is 10.2 Å². The highest BCUT2D eigenvalue weighted by Gasteiger charge is 2.42. The maximum absolute atomic E-state index is 12.5. The summed E-state index contributed by atoms with van der Waals surface area (Å²) in [6.07, 6.45) is 4.01. The first kappa shape index (κ1) is 15.3. The Hall–Kier alpha value is -1.10. The minimum Gasteiger partial charge on any atom is -0.481 e. The fraction of sp³-hybridized carbons (Fsp3) is 0.867. The molecule has 20 heavy (non-hydrogen) atoms. The van der Waals surface area contributed by atoms with Crippen molar-refractivity contribution in [2.24, 2.45) is 11.3 Å². The van der Waals surface area contributed by atoms with Crippen LogP contribution in [-0.2, 0) is 9.59 Å². The number of piperidine rings is 2. The average Bonchev–Trinajstić information content (AvgIpc) is 2.47. The average molecular weight is 282 g/mol. The Kier molecular flexibility index (Phi) is 4.68. The number of hydrogen-bond acceptors (Lipinski definition) is 3. The molecule has 0 aliphatic carbocycles. The lowest BCUT2D eigenvalue weighted by molar-refractivity contribution is -0.155. The van der Waals surface area contributed by atoms with Crippen LogP contribution in [0.25, 0.3) is 0 Å². The topological polar surface area (TPSA) is 69.6 Å². The number of likely N-dealkylation sites (tertiary alicyclic amines) is 1. The molecule has 5 heteroatoms. The SMILES string of the molecule is CCC1(C(=O)O)CCN(C(=O)C2NCCCC2C)CC1. The van der Waals surface area contributed by atoms with Crippen LogP contribution in [0.5, 0.6) is 0 Å². The van der Waals surface area contributed by atoms with E-state index in [1.54, 1.807) is 0 Å². The van der Waals surface area contributed by atoms with Crippen molar-refractivity contribution in [2.75, 3.05) is 19.6 Å². The van der Waals surface area contributed by atoms with Gasteiger partial charge in [0, 0.05) is 13.1 Å². The molecule has 2 rings (SSSR count). The van der Waals surface area contributed by atoms with Crippen LogP contribution in [0.3, 0.4) is 0 Å². The van der Waals surface area contributed by atoms with Crippen LogP contribution in [-0.4, -0.2) is 47.6 Å². The number of carbonyl (C=O) groups is 2. The van der Waals surface area contributed by atoms with Gasteiger partial charge in [0.15, 0.2) is 0 Å². The third-order valence-electron chi connectivity index (χ3n) is 5.20. The van der Waals surface area contributed by atoms with E-state index in [0.29, 0.717) is 38.3 Å². The molecular formula is C15H26N2O3. The summed E-state index contributed by atoms with van der Waals surface area (Å²) in [4.78, 5) is 25.8. The summed E-state index contributed by atoms with van der Waals surface area (Å²) in [5, 5.41) is 12.7. The van der Waals surface area contributed by atoms with Gasteiger partial charge in [-0.15, -0.1) is 0 Å². The summed E-state index contributed by atoms with van der Waals surface area (Å²) >= 11 is 0. The van der Waals surface area contributed by atoms with E-state index < -0.39 is 11.4 Å². The normalized spacial score (nSPS) is 30.0. The summed E-state index contributed by atoms with van der Waals surface area (Å²) < 4.78 is 0. The predicted octanol–water partition coefficient (Wildman–Crippen LogP) is 1.48. The zero-order chi connectivity index (χ0) is 14.8. The molecule has 2 unspecified atom stereocenters. The number of rotatable bonds is 3. The minimum atomic E-state index is -0.712. The van der Waals surface area contributed by atoms with Gasteiger partial charge >= 0.3 is 5.97 Å². The second kappa shape index (κ2) is 6.12. The molecular weight excluding hydrogens is 256 g/mol.